The molecule has 0 unspecified atom stereocenters. The number of nitrogens with one attached hydrogen (secondary N) is 1. The number of nitrogens with zero attached hydrogens (tertiary/aromatic N) is 2. The zero-order valence-electron chi connectivity index (χ0n) is 8.61. The number of hydrogen-bond donors (Lipinski definition) is 1. The first-order chi connectivity index (χ1) is 7.79. The Kier molecular flexibility index (Phi) is 3.31. The van der Waals surface area contributed by atoms with E-state index in [4.69, 9.17) is 4.74 Å². The van der Waals surface area contributed by atoms with Crippen LogP contribution in [0.2, 0.25) is 0 Å². The van der Waals surface area contributed by atoms with Crippen LogP contribution in [0.1, 0.15) is 4.88 Å². The Bertz CT molecular complexity index is 461. The van der Waals surface area contributed by atoms with E-state index >= 15 is 0 Å². The van der Waals surface area contributed by atoms with E-state index in [1.54, 1.807) is 18.4 Å². The Balaban J connectivity index is 2.08. The maximum atomic E-state index is 13.3. The topological polar surface area (TPSA) is 47.0 Å². The number of anilines is 1. The first kappa shape index (κ1) is 10.8. The highest BCUT2D eigenvalue weighted by atomic mass is 32.1. The van der Waals surface area contributed by atoms with Crippen LogP contribution in [0, 0.1) is 5.82 Å². The van der Waals surface area contributed by atoms with Crippen molar-refractivity contribution >= 4 is 17.3 Å². The van der Waals surface area contributed by atoms with Crippen LogP contribution >= 0.6 is 11.3 Å². The van der Waals surface area contributed by atoms with Gasteiger partial charge < -0.3 is 10.1 Å². The fourth-order valence-corrected chi connectivity index (χ4v) is 1.72. The highest BCUT2D eigenvalue weighted by Crippen LogP contribution is 2.17. The van der Waals surface area contributed by atoms with Crippen LogP contribution in [-0.4, -0.2) is 17.0 Å². The van der Waals surface area contributed by atoms with Crippen LogP contribution in [0.5, 0.6) is 5.88 Å². The molecule has 6 heteroatoms. The standard InChI is InChI=1S/C10H10FN3OS/c1-12-10-13-5-8(11)9(14-10)15-6-7-3-2-4-16-7/h2-5H,6H2,1H3,(H,12,13,14). The van der Waals surface area contributed by atoms with Crippen molar-refractivity contribution in [2.75, 3.05) is 12.4 Å². The summed E-state index contributed by atoms with van der Waals surface area (Å²) >= 11 is 1.55. The summed E-state index contributed by atoms with van der Waals surface area (Å²) in [5.41, 5.74) is 0. The first-order valence-corrected chi connectivity index (χ1v) is 5.53. The minimum absolute atomic E-state index is 0.0345. The molecule has 0 saturated carbocycles. The quantitative estimate of drug-likeness (QED) is 0.889. The zero-order chi connectivity index (χ0) is 11.4. The number of halogens is 1. The van der Waals surface area contributed by atoms with Crippen LogP contribution in [0.4, 0.5) is 10.3 Å². The van der Waals surface area contributed by atoms with Crippen LogP contribution in [0.15, 0.2) is 23.7 Å². The molecule has 0 aliphatic carbocycles. The van der Waals surface area contributed by atoms with Crippen molar-refractivity contribution in [2.45, 2.75) is 6.61 Å². The molecule has 2 heterocycles. The molecule has 0 radical (unpaired) electrons. The lowest BCUT2D eigenvalue weighted by Gasteiger charge is -2.05. The van der Waals surface area contributed by atoms with Crippen molar-refractivity contribution in [3.8, 4) is 5.88 Å². The average Bonchev–Trinajstić information content (AvgIpc) is 2.81. The van der Waals surface area contributed by atoms with Gasteiger partial charge in [-0.3, -0.25) is 0 Å². The zero-order valence-corrected chi connectivity index (χ0v) is 9.42. The van der Waals surface area contributed by atoms with Crippen LogP contribution < -0.4 is 10.1 Å². The monoisotopic (exact) mass is 239 g/mol. The van der Waals surface area contributed by atoms with Crippen molar-refractivity contribution in [1.82, 2.24) is 9.97 Å². The van der Waals surface area contributed by atoms with Crippen LogP contribution in [0.3, 0.4) is 0 Å². The highest BCUT2D eigenvalue weighted by Gasteiger charge is 2.07. The molecular formula is C10H10FN3OS. The van der Waals surface area contributed by atoms with E-state index < -0.39 is 5.82 Å². The first-order valence-electron chi connectivity index (χ1n) is 4.65. The number of thiophene rings is 1. The minimum atomic E-state index is -0.560. The Morgan fingerprint density at radius 2 is 2.44 bits per heavy atom. The van der Waals surface area contributed by atoms with E-state index in [9.17, 15) is 4.39 Å². The molecule has 0 aliphatic heterocycles. The normalized spacial score (nSPS) is 10.1. The van der Waals surface area contributed by atoms with Gasteiger partial charge in [-0.05, 0) is 11.4 Å². The van der Waals surface area contributed by atoms with Gasteiger partial charge in [0.1, 0.15) is 6.61 Å². The molecule has 0 bridgehead atoms. The highest BCUT2D eigenvalue weighted by molar-refractivity contribution is 7.09. The van der Waals surface area contributed by atoms with Gasteiger partial charge in [-0.15, -0.1) is 11.3 Å². The number of rotatable bonds is 4. The molecule has 16 heavy (non-hydrogen) atoms. The van der Waals surface area contributed by atoms with Crippen molar-refractivity contribution < 1.29 is 9.13 Å². The summed E-state index contributed by atoms with van der Waals surface area (Å²) in [6.07, 6.45) is 1.09. The minimum Gasteiger partial charge on any atom is -0.470 e. The van der Waals surface area contributed by atoms with Gasteiger partial charge in [-0.25, -0.2) is 4.98 Å². The van der Waals surface area contributed by atoms with E-state index in [1.165, 1.54) is 0 Å². The van der Waals surface area contributed by atoms with Crippen molar-refractivity contribution in [2.24, 2.45) is 0 Å². The number of ether oxygens (including phenoxy) is 1. The summed E-state index contributed by atoms with van der Waals surface area (Å²) in [7, 11) is 1.66. The summed E-state index contributed by atoms with van der Waals surface area (Å²) in [5.74, 6) is -0.258. The Hall–Kier alpha value is -1.69. The van der Waals surface area contributed by atoms with E-state index in [0.717, 1.165) is 11.1 Å². The summed E-state index contributed by atoms with van der Waals surface area (Å²) in [6.45, 7) is 0.314. The van der Waals surface area contributed by atoms with Crippen molar-refractivity contribution in [3.05, 3.63) is 34.4 Å². The van der Waals surface area contributed by atoms with E-state index in [1.807, 2.05) is 17.5 Å². The third-order valence-electron chi connectivity index (χ3n) is 1.87. The SMILES string of the molecule is CNc1ncc(F)c(OCc2cccs2)n1. The summed E-state index contributed by atoms with van der Waals surface area (Å²) < 4.78 is 18.5. The lowest BCUT2D eigenvalue weighted by Crippen LogP contribution is -2.02. The predicted octanol–water partition coefficient (Wildman–Crippen LogP) is 2.30. The lowest BCUT2D eigenvalue weighted by atomic mass is 10.5. The third-order valence-corrected chi connectivity index (χ3v) is 2.72. The Labute approximate surface area is 96.1 Å². The molecule has 84 valence electrons. The molecule has 4 nitrogen and oxygen atoms in total. The largest absolute Gasteiger partial charge is 0.470 e. The second kappa shape index (κ2) is 4.89. The van der Waals surface area contributed by atoms with Gasteiger partial charge >= 0.3 is 0 Å². The van der Waals surface area contributed by atoms with Crippen molar-refractivity contribution in [1.29, 1.82) is 0 Å². The number of aromatic nitrogens is 2. The van der Waals surface area contributed by atoms with Crippen LogP contribution in [-0.2, 0) is 6.61 Å². The Morgan fingerprint density at radius 3 is 3.12 bits per heavy atom. The number of hydrogen-bond acceptors (Lipinski definition) is 5. The summed E-state index contributed by atoms with van der Waals surface area (Å²) in [4.78, 5) is 8.62. The smallest absolute Gasteiger partial charge is 0.255 e. The van der Waals surface area contributed by atoms with Gasteiger partial charge in [0.15, 0.2) is 0 Å². The molecule has 0 saturated heterocycles. The van der Waals surface area contributed by atoms with Gasteiger partial charge in [0.05, 0.1) is 6.20 Å². The molecule has 0 aromatic carbocycles. The average molecular weight is 239 g/mol. The van der Waals surface area contributed by atoms with E-state index in [2.05, 4.69) is 15.3 Å². The maximum Gasteiger partial charge on any atom is 0.255 e. The van der Waals surface area contributed by atoms with Gasteiger partial charge in [0, 0.05) is 11.9 Å². The molecule has 2 aromatic rings. The fraction of sp³-hybridized carbons (Fsp3) is 0.200. The molecule has 2 rings (SSSR count). The fourth-order valence-electron chi connectivity index (χ4n) is 1.11. The van der Waals surface area contributed by atoms with Gasteiger partial charge in [-0.2, -0.15) is 9.37 Å². The second-order valence-electron chi connectivity index (χ2n) is 2.96. The Morgan fingerprint density at radius 1 is 1.56 bits per heavy atom. The molecular weight excluding hydrogens is 229 g/mol. The van der Waals surface area contributed by atoms with Gasteiger partial charge in [-0.1, -0.05) is 6.07 Å². The predicted molar refractivity (Wildman–Crippen MR) is 60.2 cm³/mol. The van der Waals surface area contributed by atoms with Crippen molar-refractivity contribution in [3.63, 3.8) is 0 Å². The molecule has 2 aromatic heterocycles. The summed E-state index contributed by atoms with van der Waals surface area (Å²) in [5, 5.41) is 4.66. The van der Waals surface area contributed by atoms with Crippen LogP contribution in [0.25, 0.3) is 0 Å². The van der Waals surface area contributed by atoms with E-state index in [0.29, 0.717) is 12.6 Å². The molecule has 0 amide bonds. The maximum absolute atomic E-state index is 13.3. The third kappa shape index (κ3) is 2.46. The molecule has 0 fully saturated rings. The lowest BCUT2D eigenvalue weighted by molar-refractivity contribution is 0.279. The van der Waals surface area contributed by atoms with E-state index in [-0.39, 0.29) is 5.88 Å². The summed E-state index contributed by atoms with van der Waals surface area (Å²) in [6, 6.07) is 3.83. The molecule has 0 atom stereocenters. The molecule has 1 N–H and O–H groups in total. The van der Waals surface area contributed by atoms with Gasteiger partial charge in [0.25, 0.3) is 5.88 Å². The van der Waals surface area contributed by atoms with Gasteiger partial charge in [0.2, 0.25) is 11.8 Å². The molecule has 0 spiro atoms. The molecule has 0 aliphatic rings. The second-order valence-corrected chi connectivity index (χ2v) is 4.00.